The molecule has 0 spiro atoms. The third-order valence-electron chi connectivity index (χ3n) is 5.79. The molecule has 1 aliphatic rings. The van der Waals surface area contributed by atoms with Gasteiger partial charge in [0.25, 0.3) is 5.91 Å². The van der Waals surface area contributed by atoms with Gasteiger partial charge in [0.2, 0.25) is 11.4 Å². The fourth-order valence-electron chi connectivity index (χ4n) is 3.70. The molecule has 1 aromatic heterocycles. The van der Waals surface area contributed by atoms with Crippen LogP contribution < -0.4 is 5.73 Å². The van der Waals surface area contributed by atoms with Gasteiger partial charge in [-0.1, -0.05) is 41.3 Å². The van der Waals surface area contributed by atoms with E-state index >= 15 is 0 Å². The van der Waals surface area contributed by atoms with Gasteiger partial charge in [0.15, 0.2) is 12.3 Å². The van der Waals surface area contributed by atoms with E-state index in [1.807, 2.05) is 13.8 Å². The molecule has 0 bridgehead atoms. The van der Waals surface area contributed by atoms with Crippen molar-refractivity contribution in [1.29, 1.82) is 0 Å². The molecule has 4 rings (SSSR count). The van der Waals surface area contributed by atoms with E-state index < -0.39 is 42.4 Å². The average molecular weight is 489 g/mol. The minimum atomic E-state index is -1.62. The number of aryl methyl sites for hydroxylation is 2. The number of hydrogen-bond acceptors (Lipinski definition) is 8. The van der Waals surface area contributed by atoms with Crippen LogP contribution in [0.3, 0.4) is 0 Å². The molecule has 1 fully saturated rings. The molecule has 2 aromatic carbocycles. The van der Waals surface area contributed by atoms with E-state index in [9.17, 15) is 14.4 Å². The van der Waals surface area contributed by atoms with Gasteiger partial charge in [0, 0.05) is 6.42 Å². The lowest BCUT2D eigenvalue weighted by Gasteiger charge is -2.28. The van der Waals surface area contributed by atoms with Gasteiger partial charge in [-0.3, -0.25) is 4.79 Å². The maximum atomic E-state index is 12.9. The van der Waals surface area contributed by atoms with Crippen LogP contribution in [0.2, 0.25) is 0 Å². The Morgan fingerprint density at radius 3 is 2.19 bits per heavy atom. The highest BCUT2D eigenvalue weighted by molar-refractivity contribution is 5.90. The Hall–Kier alpha value is -4.49. The molecule has 1 aliphatic heterocycles. The van der Waals surface area contributed by atoms with Crippen LogP contribution in [0.1, 0.15) is 55.1 Å². The molecular formula is C26H24N4O6. The van der Waals surface area contributed by atoms with Crippen molar-refractivity contribution in [2.24, 2.45) is 5.73 Å². The second kappa shape index (κ2) is 10.0. The fourth-order valence-corrected chi connectivity index (χ4v) is 3.70. The molecular weight excluding hydrogens is 464 g/mol. The highest BCUT2D eigenvalue weighted by Crippen LogP contribution is 2.39. The van der Waals surface area contributed by atoms with Crippen molar-refractivity contribution < 1.29 is 28.6 Å². The fraction of sp³-hybridized carbons (Fsp3) is 0.269. The van der Waals surface area contributed by atoms with Crippen LogP contribution in [-0.2, 0) is 14.2 Å². The second-order valence-corrected chi connectivity index (χ2v) is 8.46. The summed E-state index contributed by atoms with van der Waals surface area (Å²) >= 11 is 0. The van der Waals surface area contributed by atoms with Crippen molar-refractivity contribution in [2.45, 2.75) is 38.2 Å². The van der Waals surface area contributed by atoms with Gasteiger partial charge in [0.05, 0.1) is 11.1 Å². The summed E-state index contributed by atoms with van der Waals surface area (Å²) in [6.45, 7) is 3.40. The summed E-state index contributed by atoms with van der Waals surface area (Å²) in [6, 6.07) is 13.7. The van der Waals surface area contributed by atoms with Crippen LogP contribution in [0.25, 0.3) is 0 Å². The lowest BCUT2D eigenvalue weighted by molar-refractivity contribution is -0.100. The van der Waals surface area contributed by atoms with Crippen molar-refractivity contribution >= 4 is 17.8 Å². The molecule has 1 amide bonds. The number of benzene rings is 2. The maximum Gasteiger partial charge on any atom is 0.338 e. The average Bonchev–Trinajstić information content (AvgIpc) is 3.49. The highest BCUT2D eigenvalue weighted by atomic mass is 16.6. The number of primary amides is 1. The van der Waals surface area contributed by atoms with E-state index in [2.05, 4.69) is 16.0 Å². The molecule has 184 valence electrons. The summed E-state index contributed by atoms with van der Waals surface area (Å²) < 4.78 is 18.6. The topological polar surface area (TPSA) is 136 Å². The quantitative estimate of drug-likeness (QED) is 0.396. The molecule has 10 heteroatoms. The molecule has 1 saturated heterocycles. The van der Waals surface area contributed by atoms with Gasteiger partial charge < -0.3 is 19.9 Å². The molecule has 36 heavy (non-hydrogen) atoms. The van der Waals surface area contributed by atoms with E-state index in [0.717, 1.165) is 11.1 Å². The Balaban J connectivity index is 1.58. The number of nitrogens with zero attached hydrogens (tertiary/aromatic N) is 3. The molecule has 0 aliphatic carbocycles. The van der Waals surface area contributed by atoms with Gasteiger partial charge in [-0.15, -0.1) is 11.5 Å². The Kier molecular flexibility index (Phi) is 6.85. The first-order valence-corrected chi connectivity index (χ1v) is 11.1. The number of aromatic nitrogens is 3. The normalized spacial score (nSPS) is 20.9. The third-order valence-corrected chi connectivity index (χ3v) is 5.79. The van der Waals surface area contributed by atoms with Crippen molar-refractivity contribution in [3.8, 4) is 12.3 Å². The van der Waals surface area contributed by atoms with Gasteiger partial charge >= 0.3 is 11.9 Å². The maximum absolute atomic E-state index is 12.9. The molecule has 3 atom stereocenters. The lowest BCUT2D eigenvalue weighted by atomic mass is 9.98. The summed E-state index contributed by atoms with van der Waals surface area (Å²) in [5.74, 6) is 0.247. The predicted molar refractivity (Wildman–Crippen MR) is 127 cm³/mol. The molecule has 2 heterocycles. The molecule has 3 unspecified atom stereocenters. The molecule has 0 saturated carbocycles. The number of carbonyl (C=O) groups excluding carboxylic acids is 3. The Morgan fingerprint density at radius 2 is 1.67 bits per heavy atom. The van der Waals surface area contributed by atoms with Crippen LogP contribution in [0, 0.1) is 26.2 Å². The molecule has 0 radical (unpaired) electrons. The monoisotopic (exact) mass is 488 g/mol. The van der Waals surface area contributed by atoms with Crippen LogP contribution in [0.4, 0.5) is 0 Å². The number of rotatable bonds is 7. The number of carbonyl (C=O) groups is 3. The Morgan fingerprint density at radius 1 is 1.08 bits per heavy atom. The number of esters is 2. The molecule has 2 N–H and O–H groups in total. The van der Waals surface area contributed by atoms with E-state index in [1.165, 1.54) is 11.0 Å². The van der Waals surface area contributed by atoms with Gasteiger partial charge in [-0.05, 0) is 38.1 Å². The number of nitrogens with two attached hydrogens (primary N) is 1. The summed E-state index contributed by atoms with van der Waals surface area (Å²) in [5.41, 5.74) is 6.24. The SMILES string of the molecule is C#CC1(COC(=O)c2ccc(C)cc2)OC(n2cnc(C(N)=O)n2)CC1OC(=O)c1ccc(C)cc1. The smallest absolute Gasteiger partial charge is 0.338 e. The van der Waals surface area contributed by atoms with Crippen LogP contribution in [0.5, 0.6) is 0 Å². The zero-order chi connectivity index (χ0) is 25.9. The van der Waals surface area contributed by atoms with Gasteiger partial charge in [-0.25, -0.2) is 19.3 Å². The van der Waals surface area contributed by atoms with E-state index in [-0.39, 0.29) is 12.2 Å². The van der Waals surface area contributed by atoms with Crippen LogP contribution >= 0.6 is 0 Å². The van der Waals surface area contributed by atoms with Crippen molar-refractivity contribution in [1.82, 2.24) is 14.8 Å². The van der Waals surface area contributed by atoms with E-state index in [1.54, 1.807) is 48.5 Å². The Labute approximate surface area is 207 Å². The summed E-state index contributed by atoms with van der Waals surface area (Å²) in [4.78, 5) is 40.8. The summed E-state index contributed by atoms with van der Waals surface area (Å²) in [7, 11) is 0. The zero-order valence-electron chi connectivity index (χ0n) is 19.7. The van der Waals surface area contributed by atoms with Crippen molar-refractivity contribution in [3.05, 3.63) is 82.9 Å². The van der Waals surface area contributed by atoms with Crippen LogP contribution in [0.15, 0.2) is 54.9 Å². The number of ether oxygens (including phenoxy) is 3. The van der Waals surface area contributed by atoms with Crippen molar-refractivity contribution in [2.75, 3.05) is 6.61 Å². The Bertz CT molecular complexity index is 1330. The van der Waals surface area contributed by atoms with Crippen molar-refractivity contribution in [3.63, 3.8) is 0 Å². The molecule has 10 nitrogen and oxygen atoms in total. The van der Waals surface area contributed by atoms with E-state index in [4.69, 9.17) is 26.4 Å². The van der Waals surface area contributed by atoms with Gasteiger partial charge in [-0.2, -0.15) is 0 Å². The summed E-state index contributed by atoms with van der Waals surface area (Å²) in [6.07, 6.45) is 5.30. The first-order valence-electron chi connectivity index (χ1n) is 11.1. The number of hydrogen-bond donors (Lipinski definition) is 1. The van der Waals surface area contributed by atoms with Gasteiger partial charge in [0.1, 0.15) is 12.9 Å². The molecule has 3 aromatic rings. The first-order chi connectivity index (χ1) is 17.2. The highest BCUT2D eigenvalue weighted by Gasteiger charge is 2.52. The minimum Gasteiger partial charge on any atom is -0.458 e. The predicted octanol–water partition coefficient (Wildman–Crippen LogP) is 2.37. The standard InChI is InChI=1S/C26H24N4O6/c1-4-26(14-34-24(32)18-9-5-16(2)6-10-18)20(35-25(33)19-11-7-17(3)8-12-19)13-21(36-26)30-15-28-23(29-30)22(27)31/h1,5-12,15,20-21H,13-14H2,2-3H3,(H2,27,31). The third kappa shape index (κ3) is 5.11. The lowest BCUT2D eigenvalue weighted by Crippen LogP contribution is -2.45. The van der Waals surface area contributed by atoms with Crippen LogP contribution in [-0.4, -0.2) is 50.9 Å². The number of amides is 1. The second-order valence-electron chi connectivity index (χ2n) is 8.46. The largest absolute Gasteiger partial charge is 0.458 e. The summed E-state index contributed by atoms with van der Waals surface area (Å²) in [5, 5.41) is 4.01. The van der Waals surface area contributed by atoms with E-state index in [0.29, 0.717) is 11.1 Å². The zero-order valence-corrected chi connectivity index (χ0v) is 19.7. The minimum absolute atomic E-state index is 0.0610. The first kappa shape index (κ1) is 24.6. The number of terminal acetylenes is 1.